The van der Waals surface area contributed by atoms with Gasteiger partial charge in [-0.05, 0) is 42.0 Å². The van der Waals surface area contributed by atoms with Crippen molar-refractivity contribution in [3.8, 4) is 5.75 Å². The highest BCUT2D eigenvalue weighted by Gasteiger charge is 2.12. The molecule has 1 atom stereocenters. The average Bonchev–Trinajstić information content (AvgIpc) is 2.41. The maximum absolute atomic E-state index is 12.8. The summed E-state index contributed by atoms with van der Waals surface area (Å²) in [6, 6.07) is 10.2. The molecular formula is C14H13ClFNO2. The molecule has 3 N–H and O–H groups in total. The van der Waals surface area contributed by atoms with Crippen LogP contribution in [0.4, 0.5) is 10.1 Å². The molecule has 0 amide bonds. The molecule has 2 rings (SSSR count). The van der Waals surface area contributed by atoms with Gasteiger partial charge in [-0.15, -0.1) is 0 Å². The fourth-order valence-electron chi connectivity index (χ4n) is 1.72. The number of nitrogens with one attached hydrogen (secondary N) is 1. The zero-order chi connectivity index (χ0) is 13.8. The van der Waals surface area contributed by atoms with E-state index in [2.05, 4.69) is 5.32 Å². The Balaban J connectivity index is 2.19. The molecule has 100 valence electrons. The molecule has 0 aromatic heterocycles. The van der Waals surface area contributed by atoms with Crippen LogP contribution in [0.1, 0.15) is 11.6 Å². The number of aliphatic hydroxyl groups excluding tert-OH is 1. The number of hydrogen-bond donors (Lipinski definition) is 3. The lowest BCUT2D eigenvalue weighted by Crippen LogP contribution is -2.14. The molecule has 0 fully saturated rings. The molecular weight excluding hydrogens is 269 g/mol. The van der Waals surface area contributed by atoms with E-state index in [1.807, 2.05) is 0 Å². The van der Waals surface area contributed by atoms with Gasteiger partial charge >= 0.3 is 0 Å². The van der Waals surface area contributed by atoms with E-state index in [9.17, 15) is 14.6 Å². The Bertz CT molecular complexity index is 560. The van der Waals surface area contributed by atoms with Crippen molar-refractivity contribution in [3.05, 3.63) is 58.9 Å². The Morgan fingerprint density at radius 3 is 2.42 bits per heavy atom. The highest BCUT2D eigenvalue weighted by atomic mass is 35.5. The van der Waals surface area contributed by atoms with Gasteiger partial charge in [0, 0.05) is 5.69 Å². The minimum absolute atomic E-state index is 0.0103. The molecule has 0 aliphatic heterocycles. The minimum Gasteiger partial charge on any atom is -0.506 e. The van der Waals surface area contributed by atoms with Gasteiger partial charge in [0.15, 0.2) is 0 Å². The number of anilines is 1. The van der Waals surface area contributed by atoms with E-state index < -0.39 is 0 Å². The second kappa shape index (κ2) is 5.91. The van der Waals surface area contributed by atoms with E-state index >= 15 is 0 Å². The highest BCUT2D eigenvalue weighted by Crippen LogP contribution is 2.28. The normalized spacial score (nSPS) is 12.2. The standard InChI is InChI=1S/C14H13ClFNO2/c15-12-7-9(1-6-14(12)19)13(8-18)17-11-4-2-10(16)3-5-11/h1-7,13,17-19H,8H2. The van der Waals surface area contributed by atoms with Gasteiger partial charge in [-0.25, -0.2) is 4.39 Å². The summed E-state index contributed by atoms with van der Waals surface area (Å²) in [4.78, 5) is 0. The van der Waals surface area contributed by atoms with Crippen molar-refractivity contribution in [1.82, 2.24) is 0 Å². The molecule has 0 aliphatic rings. The van der Waals surface area contributed by atoms with Crippen LogP contribution in [0.5, 0.6) is 5.75 Å². The van der Waals surface area contributed by atoms with Crippen molar-refractivity contribution >= 4 is 17.3 Å². The largest absolute Gasteiger partial charge is 0.506 e. The van der Waals surface area contributed by atoms with E-state index in [1.54, 1.807) is 24.3 Å². The quantitative estimate of drug-likeness (QED) is 0.806. The van der Waals surface area contributed by atoms with E-state index in [0.717, 1.165) is 5.56 Å². The van der Waals surface area contributed by atoms with Gasteiger partial charge in [-0.3, -0.25) is 0 Å². The van der Waals surface area contributed by atoms with Crippen molar-refractivity contribution in [2.45, 2.75) is 6.04 Å². The summed E-state index contributed by atoms with van der Waals surface area (Å²) in [5, 5.41) is 22.1. The molecule has 0 radical (unpaired) electrons. The Labute approximate surface area is 115 Å². The van der Waals surface area contributed by atoms with Gasteiger partial charge in [0.05, 0.1) is 17.7 Å². The number of benzene rings is 2. The first kappa shape index (κ1) is 13.6. The summed E-state index contributed by atoms with van der Waals surface area (Å²) in [5.41, 5.74) is 1.42. The third-order valence-corrected chi connectivity index (χ3v) is 3.04. The highest BCUT2D eigenvalue weighted by molar-refractivity contribution is 6.32. The fourth-order valence-corrected chi connectivity index (χ4v) is 1.91. The van der Waals surface area contributed by atoms with Crippen molar-refractivity contribution in [2.75, 3.05) is 11.9 Å². The Morgan fingerprint density at radius 1 is 1.16 bits per heavy atom. The topological polar surface area (TPSA) is 52.5 Å². The first-order valence-corrected chi connectivity index (χ1v) is 6.09. The van der Waals surface area contributed by atoms with E-state index in [4.69, 9.17) is 11.6 Å². The number of phenols is 1. The van der Waals surface area contributed by atoms with Crippen LogP contribution in [0.3, 0.4) is 0 Å². The molecule has 0 spiro atoms. The monoisotopic (exact) mass is 281 g/mol. The van der Waals surface area contributed by atoms with Crippen molar-refractivity contribution in [2.24, 2.45) is 0 Å². The number of aromatic hydroxyl groups is 1. The fraction of sp³-hybridized carbons (Fsp3) is 0.143. The third-order valence-electron chi connectivity index (χ3n) is 2.74. The minimum atomic E-state index is -0.386. The molecule has 0 saturated heterocycles. The molecule has 0 bridgehead atoms. The van der Waals surface area contributed by atoms with Gasteiger partial charge in [-0.1, -0.05) is 17.7 Å². The Kier molecular flexibility index (Phi) is 4.24. The summed E-state index contributed by atoms with van der Waals surface area (Å²) >= 11 is 5.83. The molecule has 0 heterocycles. The summed E-state index contributed by atoms with van der Waals surface area (Å²) in [7, 11) is 0. The summed E-state index contributed by atoms with van der Waals surface area (Å²) in [6.07, 6.45) is 0. The molecule has 2 aromatic rings. The molecule has 3 nitrogen and oxygen atoms in total. The van der Waals surface area contributed by atoms with Crippen LogP contribution in [0, 0.1) is 5.82 Å². The van der Waals surface area contributed by atoms with Crippen LogP contribution >= 0.6 is 11.6 Å². The van der Waals surface area contributed by atoms with Gasteiger partial charge < -0.3 is 15.5 Å². The van der Waals surface area contributed by atoms with E-state index in [-0.39, 0.29) is 29.2 Å². The Morgan fingerprint density at radius 2 is 1.84 bits per heavy atom. The average molecular weight is 282 g/mol. The molecule has 19 heavy (non-hydrogen) atoms. The van der Waals surface area contributed by atoms with Crippen molar-refractivity contribution < 1.29 is 14.6 Å². The second-order valence-electron chi connectivity index (χ2n) is 4.10. The maximum Gasteiger partial charge on any atom is 0.134 e. The number of halogens is 2. The molecule has 2 aromatic carbocycles. The number of rotatable bonds is 4. The lowest BCUT2D eigenvalue weighted by molar-refractivity contribution is 0.276. The predicted octanol–water partition coefficient (Wildman–Crippen LogP) is 3.33. The van der Waals surface area contributed by atoms with Crippen LogP contribution < -0.4 is 5.32 Å². The van der Waals surface area contributed by atoms with Gasteiger partial charge in [-0.2, -0.15) is 0 Å². The summed E-state index contributed by atoms with van der Waals surface area (Å²) in [5.74, 6) is -0.331. The van der Waals surface area contributed by atoms with Crippen LogP contribution in [-0.2, 0) is 0 Å². The van der Waals surface area contributed by atoms with Crippen molar-refractivity contribution in [3.63, 3.8) is 0 Å². The van der Waals surface area contributed by atoms with Crippen LogP contribution in [0.15, 0.2) is 42.5 Å². The number of hydrogen-bond acceptors (Lipinski definition) is 3. The molecule has 5 heteroatoms. The predicted molar refractivity (Wildman–Crippen MR) is 73.0 cm³/mol. The summed E-state index contributed by atoms with van der Waals surface area (Å²) in [6.45, 7) is -0.154. The Hall–Kier alpha value is -1.78. The second-order valence-corrected chi connectivity index (χ2v) is 4.50. The zero-order valence-electron chi connectivity index (χ0n) is 9.98. The summed E-state index contributed by atoms with van der Waals surface area (Å²) < 4.78 is 12.8. The van der Waals surface area contributed by atoms with Gasteiger partial charge in [0.1, 0.15) is 11.6 Å². The SMILES string of the molecule is OCC(Nc1ccc(F)cc1)c1ccc(O)c(Cl)c1. The van der Waals surface area contributed by atoms with Crippen LogP contribution in [0.25, 0.3) is 0 Å². The number of aliphatic hydroxyl groups is 1. The first-order valence-electron chi connectivity index (χ1n) is 5.71. The maximum atomic E-state index is 12.8. The first-order chi connectivity index (χ1) is 9.10. The van der Waals surface area contributed by atoms with Gasteiger partial charge in [0.25, 0.3) is 0 Å². The lowest BCUT2D eigenvalue weighted by atomic mass is 10.1. The smallest absolute Gasteiger partial charge is 0.134 e. The van der Waals surface area contributed by atoms with E-state index in [1.165, 1.54) is 18.2 Å². The van der Waals surface area contributed by atoms with Gasteiger partial charge in [0.2, 0.25) is 0 Å². The van der Waals surface area contributed by atoms with Crippen LogP contribution in [0.2, 0.25) is 5.02 Å². The third kappa shape index (κ3) is 3.36. The molecule has 0 saturated carbocycles. The molecule has 0 aliphatic carbocycles. The lowest BCUT2D eigenvalue weighted by Gasteiger charge is -2.18. The number of phenolic OH excluding ortho intramolecular Hbond substituents is 1. The van der Waals surface area contributed by atoms with Crippen molar-refractivity contribution in [1.29, 1.82) is 0 Å². The zero-order valence-corrected chi connectivity index (χ0v) is 10.7. The van der Waals surface area contributed by atoms with Crippen LogP contribution in [-0.4, -0.2) is 16.8 Å². The van der Waals surface area contributed by atoms with E-state index in [0.29, 0.717) is 5.69 Å². The molecule has 1 unspecified atom stereocenters.